The lowest BCUT2D eigenvalue weighted by Crippen LogP contribution is -2.46. The summed E-state index contributed by atoms with van der Waals surface area (Å²) in [6.07, 6.45) is 5.74. The third-order valence-corrected chi connectivity index (χ3v) is 4.49. The fourth-order valence-electron chi connectivity index (χ4n) is 3.11. The van der Waals surface area contributed by atoms with E-state index in [0.717, 1.165) is 5.69 Å². The predicted octanol–water partition coefficient (Wildman–Crippen LogP) is 2.19. The molecule has 2 aromatic rings. The van der Waals surface area contributed by atoms with Crippen molar-refractivity contribution < 1.29 is 9.59 Å². The van der Waals surface area contributed by atoms with Crippen molar-refractivity contribution >= 4 is 53.1 Å². The summed E-state index contributed by atoms with van der Waals surface area (Å²) in [5.74, 6) is 2.82. The number of halogens is 1. The first-order valence-corrected chi connectivity index (χ1v) is 9.28. The van der Waals surface area contributed by atoms with E-state index in [1.165, 1.54) is 0 Å². The number of carbonyl (C=O) groups excluding carboxylic acids is 2. The number of nitrogens with zero attached hydrogens (tertiary/aromatic N) is 2. The van der Waals surface area contributed by atoms with Crippen LogP contribution in [0.4, 0.5) is 11.4 Å². The van der Waals surface area contributed by atoms with Crippen LogP contribution in [0.15, 0.2) is 59.6 Å². The standard InChI is InChI=1S/C22H23N5O2.HI/c1-3-16-8-7-9-17(12-16)25-20(28)14-24-22(23-2)26-18-13-21(29)27(15-18)19-10-5-4-6-11-19;/h1,4-12,18H,13-15H2,2H3,(H,25,28)(H2,23,24,26);1H. The van der Waals surface area contributed by atoms with Crippen LogP contribution >= 0.6 is 24.0 Å². The second kappa shape index (κ2) is 11.2. The number of rotatable bonds is 5. The Morgan fingerprint density at radius 1 is 1.23 bits per heavy atom. The molecule has 2 amide bonds. The summed E-state index contributed by atoms with van der Waals surface area (Å²) in [6.45, 7) is 0.567. The fourth-order valence-corrected chi connectivity index (χ4v) is 3.11. The van der Waals surface area contributed by atoms with Crippen LogP contribution in [0.5, 0.6) is 0 Å². The number of aliphatic imine (C=N–C) groups is 1. The number of benzene rings is 2. The maximum absolute atomic E-state index is 12.3. The van der Waals surface area contributed by atoms with Crippen molar-refractivity contribution in [2.24, 2.45) is 4.99 Å². The van der Waals surface area contributed by atoms with Gasteiger partial charge in [-0.05, 0) is 30.3 Å². The quantitative estimate of drug-likeness (QED) is 0.246. The first-order valence-electron chi connectivity index (χ1n) is 9.28. The summed E-state index contributed by atoms with van der Waals surface area (Å²) >= 11 is 0. The number of para-hydroxylation sites is 1. The summed E-state index contributed by atoms with van der Waals surface area (Å²) < 4.78 is 0. The Bertz CT molecular complexity index is 956. The molecule has 0 bridgehead atoms. The Morgan fingerprint density at radius 3 is 2.70 bits per heavy atom. The topological polar surface area (TPSA) is 85.8 Å². The van der Waals surface area contributed by atoms with E-state index in [1.54, 1.807) is 36.2 Å². The van der Waals surface area contributed by atoms with Gasteiger partial charge in [-0.15, -0.1) is 30.4 Å². The molecule has 7 nitrogen and oxygen atoms in total. The van der Waals surface area contributed by atoms with Crippen molar-refractivity contribution in [3.8, 4) is 12.3 Å². The minimum absolute atomic E-state index is 0. The summed E-state index contributed by atoms with van der Waals surface area (Å²) in [7, 11) is 1.62. The highest BCUT2D eigenvalue weighted by Gasteiger charge is 2.31. The van der Waals surface area contributed by atoms with Gasteiger partial charge in [0.1, 0.15) is 0 Å². The SMILES string of the molecule is C#Cc1cccc(NC(=O)CNC(=NC)NC2CC(=O)N(c3ccccc3)C2)c1.I. The highest BCUT2D eigenvalue weighted by Crippen LogP contribution is 2.20. The molecule has 1 fully saturated rings. The third kappa shape index (κ3) is 6.22. The molecular weight excluding hydrogens is 493 g/mol. The number of anilines is 2. The Kier molecular flexibility index (Phi) is 8.68. The van der Waals surface area contributed by atoms with Gasteiger partial charge >= 0.3 is 0 Å². The molecule has 8 heteroatoms. The van der Waals surface area contributed by atoms with Gasteiger partial charge in [0.15, 0.2) is 5.96 Å². The Labute approximate surface area is 193 Å². The van der Waals surface area contributed by atoms with E-state index in [-0.39, 0.29) is 48.4 Å². The van der Waals surface area contributed by atoms with Gasteiger partial charge in [-0.25, -0.2) is 0 Å². The first-order chi connectivity index (χ1) is 14.1. The maximum atomic E-state index is 12.3. The Balaban J connectivity index is 0.00000320. The van der Waals surface area contributed by atoms with Crippen molar-refractivity contribution in [3.63, 3.8) is 0 Å². The van der Waals surface area contributed by atoms with Crippen LogP contribution in [0.3, 0.4) is 0 Å². The normalized spacial score (nSPS) is 15.7. The summed E-state index contributed by atoms with van der Waals surface area (Å²) in [5, 5.41) is 8.96. The lowest BCUT2D eigenvalue weighted by Gasteiger charge is -2.19. The van der Waals surface area contributed by atoms with Gasteiger partial charge < -0.3 is 20.9 Å². The largest absolute Gasteiger partial charge is 0.351 e. The maximum Gasteiger partial charge on any atom is 0.243 e. The van der Waals surface area contributed by atoms with Crippen LogP contribution in [0.2, 0.25) is 0 Å². The second-order valence-electron chi connectivity index (χ2n) is 6.58. The Morgan fingerprint density at radius 2 is 2.00 bits per heavy atom. The van der Waals surface area contributed by atoms with E-state index in [1.807, 2.05) is 30.3 Å². The molecule has 1 heterocycles. The van der Waals surface area contributed by atoms with E-state index in [0.29, 0.717) is 30.2 Å². The summed E-state index contributed by atoms with van der Waals surface area (Å²) in [4.78, 5) is 30.4. The van der Waals surface area contributed by atoms with Crippen LogP contribution in [0.25, 0.3) is 0 Å². The van der Waals surface area contributed by atoms with E-state index < -0.39 is 0 Å². The van der Waals surface area contributed by atoms with E-state index >= 15 is 0 Å². The molecular formula is C22H24IN5O2. The number of nitrogens with one attached hydrogen (secondary N) is 3. The van der Waals surface area contributed by atoms with Gasteiger partial charge in [0.2, 0.25) is 11.8 Å². The molecule has 1 unspecified atom stereocenters. The van der Waals surface area contributed by atoms with E-state index in [4.69, 9.17) is 6.42 Å². The van der Waals surface area contributed by atoms with E-state index in [9.17, 15) is 9.59 Å². The Hall–Kier alpha value is -3.06. The molecule has 156 valence electrons. The van der Waals surface area contributed by atoms with Crippen LogP contribution < -0.4 is 20.9 Å². The molecule has 3 N–H and O–H groups in total. The van der Waals surface area contributed by atoms with Crippen molar-refractivity contribution in [1.29, 1.82) is 0 Å². The molecule has 1 saturated heterocycles. The van der Waals surface area contributed by atoms with Crippen LogP contribution in [0.1, 0.15) is 12.0 Å². The van der Waals surface area contributed by atoms with Gasteiger partial charge in [-0.3, -0.25) is 14.6 Å². The molecule has 1 atom stereocenters. The molecule has 1 aliphatic heterocycles. The molecule has 1 aliphatic rings. The molecule has 0 aromatic heterocycles. The van der Waals surface area contributed by atoms with Gasteiger partial charge in [0.05, 0.1) is 12.6 Å². The zero-order valence-electron chi connectivity index (χ0n) is 16.6. The van der Waals surface area contributed by atoms with Crippen LogP contribution in [0, 0.1) is 12.3 Å². The zero-order chi connectivity index (χ0) is 20.6. The van der Waals surface area contributed by atoms with Crippen molar-refractivity contribution in [2.75, 3.05) is 30.4 Å². The van der Waals surface area contributed by atoms with Crippen molar-refractivity contribution in [1.82, 2.24) is 10.6 Å². The lowest BCUT2D eigenvalue weighted by atomic mass is 10.2. The number of hydrogen-bond acceptors (Lipinski definition) is 3. The minimum atomic E-state index is -0.226. The van der Waals surface area contributed by atoms with Gasteiger partial charge in [-0.1, -0.05) is 30.2 Å². The molecule has 0 saturated carbocycles. The molecule has 0 spiro atoms. The number of carbonyl (C=O) groups is 2. The number of amides is 2. The number of guanidine groups is 1. The van der Waals surface area contributed by atoms with Gasteiger partial charge in [-0.2, -0.15) is 0 Å². The summed E-state index contributed by atoms with van der Waals surface area (Å²) in [6, 6.07) is 16.5. The predicted molar refractivity (Wildman–Crippen MR) is 130 cm³/mol. The molecule has 3 rings (SSSR count). The molecule has 0 aliphatic carbocycles. The lowest BCUT2D eigenvalue weighted by molar-refractivity contribution is -0.117. The highest BCUT2D eigenvalue weighted by atomic mass is 127. The van der Waals surface area contributed by atoms with Gasteiger partial charge in [0, 0.05) is 37.0 Å². The van der Waals surface area contributed by atoms with Gasteiger partial charge in [0.25, 0.3) is 0 Å². The molecule has 2 aromatic carbocycles. The fraction of sp³-hybridized carbons (Fsp3) is 0.227. The average Bonchev–Trinajstić information content (AvgIpc) is 3.11. The second-order valence-corrected chi connectivity index (χ2v) is 6.58. The molecule has 0 radical (unpaired) electrons. The van der Waals surface area contributed by atoms with Crippen LogP contribution in [-0.4, -0.2) is 44.0 Å². The smallest absolute Gasteiger partial charge is 0.243 e. The van der Waals surface area contributed by atoms with E-state index in [2.05, 4.69) is 26.9 Å². The molecule has 30 heavy (non-hydrogen) atoms. The minimum Gasteiger partial charge on any atom is -0.351 e. The van der Waals surface area contributed by atoms with Crippen molar-refractivity contribution in [2.45, 2.75) is 12.5 Å². The number of hydrogen-bond donors (Lipinski definition) is 3. The van der Waals surface area contributed by atoms with Crippen LogP contribution in [-0.2, 0) is 9.59 Å². The first kappa shape index (κ1) is 23.2. The van der Waals surface area contributed by atoms with Crippen molar-refractivity contribution in [3.05, 3.63) is 60.2 Å². The summed E-state index contributed by atoms with van der Waals surface area (Å²) in [5.41, 5.74) is 2.20. The number of terminal acetylenes is 1. The third-order valence-electron chi connectivity index (χ3n) is 4.49. The highest BCUT2D eigenvalue weighted by molar-refractivity contribution is 14.0. The average molecular weight is 517 g/mol. The zero-order valence-corrected chi connectivity index (χ0v) is 18.9. The monoisotopic (exact) mass is 517 g/mol.